The Labute approximate surface area is 255 Å². The molecule has 1 aromatic heterocycles. The molecule has 4 aromatic rings. The lowest BCUT2D eigenvalue weighted by Crippen LogP contribution is -2.32. The third-order valence-corrected chi connectivity index (χ3v) is 8.38. The van der Waals surface area contributed by atoms with Gasteiger partial charge in [0.15, 0.2) is 11.6 Å². The van der Waals surface area contributed by atoms with Gasteiger partial charge in [0, 0.05) is 23.0 Å². The van der Waals surface area contributed by atoms with Crippen molar-refractivity contribution in [2.24, 2.45) is 5.92 Å². The molecule has 44 heavy (non-hydrogen) atoms. The lowest BCUT2D eigenvalue weighted by atomic mass is 9.98. The van der Waals surface area contributed by atoms with Crippen LogP contribution in [0.4, 0.5) is 21.6 Å². The first kappa shape index (κ1) is 32.2. The first-order valence-electron chi connectivity index (χ1n) is 13.8. The van der Waals surface area contributed by atoms with Crippen LogP contribution in [0.3, 0.4) is 0 Å². The normalized spacial score (nSPS) is 13.7. The molecule has 0 aliphatic carbocycles. The highest BCUT2D eigenvalue weighted by Gasteiger charge is 2.18. The number of hydrogen-bond acceptors (Lipinski definition) is 9. The summed E-state index contributed by atoms with van der Waals surface area (Å²) in [6.45, 7) is 2.33. The van der Waals surface area contributed by atoms with Gasteiger partial charge < -0.3 is 24.8 Å². The van der Waals surface area contributed by atoms with Crippen molar-refractivity contribution in [2.45, 2.75) is 17.7 Å². The van der Waals surface area contributed by atoms with Crippen molar-refractivity contribution < 1.29 is 32.2 Å². The first-order valence-corrected chi connectivity index (χ1v) is 15.2. The summed E-state index contributed by atoms with van der Waals surface area (Å²) in [6.07, 6.45) is 3.50. The highest BCUT2D eigenvalue weighted by molar-refractivity contribution is 7.92. The average Bonchev–Trinajstić information content (AvgIpc) is 3.02. The van der Waals surface area contributed by atoms with Gasteiger partial charge in [-0.3, -0.25) is 9.52 Å². The summed E-state index contributed by atoms with van der Waals surface area (Å²) in [7, 11) is -0.126. The highest BCUT2D eigenvalue weighted by atomic mass is 32.2. The molecule has 0 spiro atoms. The Balaban J connectivity index is 0.00000141. The predicted molar refractivity (Wildman–Crippen MR) is 165 cm³/mol. The number of ether oxygens (including phenoxy) is 2. The van der Waals surface area contributed by atoms with Gasteiger partial charge in [0.1, 0.15) is 17.9 Å². The molecule has 1 aliphatic rings. The highest BCUT2D eigenvalue weighted by Crippen LogP contribution is 2.28. The Bertz CT molecular complexity index is 1630. The lowest BCUT2D eigenvalue weighted by Gasteiger charge is -2.28. The molecule has 3 N–H and O–H groups in total. The van der Waals surface area contributed by atoms with Crippen molar-refractivity contribution in [1.29, 1.82) is 0 Å². The number of aromatic nitrogens is 2. The Morgan fingerprint density at radius 1 is 1.00 bits per heavy atom. The zero-order valence-electron chi connectivity index (χ0n) is 24.3. The van der Waals surface area contributed by atoms with E-state index in [1.807, 2.05) is 0 Å². The van der Waals surface area contributed by atoms with Crippen molar-refractivity contribution in [3.63, 3.8) is 0 Å². The average molecular weight is 624 g/mol. The molecule has 0 radical (unpaired) electrons. The number of piperidine rings is 1. The summed E-state index contributed by atoms with van der Waals surface area (Å²) in [6, 6.07) is 19.4. The number of hydrogen-bond donors (Lipinski definition) is 3. The van der Waals surface area contributed by atoms with Gasteiger partial charge in [0.05, 0.1) is 24.3 Å². The molecular weight excluding hydrogens is 589 g/mol. The van der Waals surface area contributed by atoms with Crippen LogP contribution >= 0.6 is 0 Å². The molecule has 1 aliphatic heterocycles. The van der Waals surface area contributed by atoms with Crippen molar-refractivity contribution in [3.8, 4) is 22.8 Å². The molecule has 11 nitrogen and oxygen atoms in total. The quantitative estimate of drug-likeness (QED) is 0.200. The number of rotatable bonds is 10. The van der Waals surface area contributed by atoms with Gasteiger partial charge in [-0.2, -0.15) is 0 Å². The summed E-state index contributed by atoms with van der Waals surface area (Å²) in [4.78, 5) is 19.3. The van der Waals surface area contributed by atoms with Crippen LogP contribution in [0.1, 0.15) is 12.8 Å². The van der Waals surface area contributed by atoms with E-state index in [0.29, 0.717) is 46.7 Å². The van der Waals surface area contributed by atoms with E-state index in [9.17, 15) is 12.8 Å². The summed E-state index contributed by atoms with van der Waals surface area (Å²) >= 11 is 0. The molecule has 5 rings (SSSR count). The van der Waals surface area contributed by atoms with Crippen LogP contribution in [-0.2, 0) is 14.8 Å². The lowest BCUT2D eigenvalue weighted by molar-refractivity contribution is -0.122. The molecule has 0 bridgehead atoms. The van der Waals surface area contributed by atoms with Gasteiger partial charge in [0.2, 0.25) is 0 Å². The number of benzene rings is 3. The number of methoxy groups -OCH3 is 1. The number of carbonyl (C=O) groups is 1. The maximum absolute atomic E-state index is 14.9. The van der Waals surface area contributed by atoms with Gasteiger partial charge in [0.25, 0.3) is 16.5 Å². The standard InChI is InChI=1S/C30H32FN5O4S.CH2O2/c1-36-15-13-21(14-16-36)19-40-29-12-3-22(17-27(29)31)28-18-30(33-20-32-28)34-23-4-6-24(7-5-23)35-41(37,38)26-10-8-25(39-2)9-11-26;2-1-3/h3-12,17-18,20-21,35H,13-16,19H2,1-2H3,(H,32,33,34);1H,(H,2,3). The monoisotopic (exact) mass is 623 g/mol. The summed E-state index contributed by atoms with van der Waals surface area (Å²) in [5.74, 6) is 1.31. The molecule has 0 saturated carbocycles. The third kappa shape index (κ3) is 8.88. The molecule has 13 heteroatoms. The molecule has 3 aromatic carbocycles. The topological polar surface area (TPSA) is 143 Å². The minimum atomic E-state index is -3.75. The van der Waals surface area contributed by atoms with Crippen LogP contribution in [-0.4, -0.2) is 68.7 Å². The maximum atomic E-state index is 14.9. The molecule has 2 heterocycles. The second kappa shape index (κ2) is 15.1. The Kier molecular flexibility index (Phi) is 11.1. The summed E-state index contributed by atoms with van der Waals surface area (Å²) in [5, 5.41) is 10.1. The van der Waals surface area contributed by atoms with Crippen LogP contribution < -0.4 is 19.5 Å². The zero-order chi connectivity index (χ0) is 31.5. The van der Waals surface area contributed by atoms with E-state index in [1.165, 1.54) is 31.6 Å². The smallest absolute Gasteiger partial charge is 0.290 e. The zero-order valence-corrected chi connectivity index (χ0v) is 25.1. The molecule has 0 amide bonds. The van der Waals surface area contributed by atoms with E-state index >= 15 is 0 Å². The first-order chi connectivity index (χ1) is 21.2. The number of sulfonamides is 1. The van der Waals surface area contributed by atoms with Crippen molar-refractivity contribution in [1.82, 2.24) is 14.9 Å². The third-order valence-electron chi connectivity index (χ3n) is 6.99. The second-order valence-corrected chi connectivity index (χ2v) is 11.8. The largest absolute Gasteiger partial charge is 0.497 e. The molecule has 232 valence electrons. The number of nitrogens with zero attached hydrogens (tertiary/aromatic N) is 3. The van der Waals surface area contributed by atoms with Gasteiger partial charge in [-0.1, -0.05) is 0 Å². The Hall–Kier alpha value is -4.75. The van der Waals surface area contributed by atoms with E-state index in [-0.39, 0.29) is 17.1 Å². The van der Waals surface area contributed by atoms with Gasteiger partial charge in [-0.25, -0.2) is 22.8 Å². The fourth-order valence-corrected chi connectivity index (χ4v) is 5.59. The van der Waals surface area contributed by atoms with E-state index in [4.69, 9.17) is 19.4 Å². The van der Waals surface area contributed by atoms with Crippen LogP contribution in [0.25, 0.3) is 11.3 Å². The number of nitrogens with one attached hydrogen (secondary N) is 2. The van der Waals surface area contributed by atoms with Gasteiger partial charge >= 0.3 is 0 Å². The van der Waals surface area contributed by atoms with E-state index in [1.54, 1.807) is 54.6 Å². The SMILES string of the molecule is COc1ccc(S(=O)(=O)Nc2ccc(Nc3cc(-c4ccc(OCC5CCN(C)CC5)c(F)c4)ncn3)cc2)cc1.O=CO. The maximum Gasteiger partial charge on any atom is 0.290 e. The molecule has 0 atom stereocenters. The minimum Gasteiger partial charge on any atom is -0.497 e. The molecular formula is C31H34FN5O6S. The van der Waals surface area contributed by atoms with E-state index in [0.717, 1.165) is 25.9 Å². The molecule has 1 saturated heterocycles. The van der Waals surface area contributed by atoms with Crippen molar-refractivity contribution >= 4 is 33.7 Å². The van der Waals surface area contributed by atoms with E-state index in [2.05, 4.69) is 32.0 Å². The Morgan fingerprint density at radius 2 is 1.66 bits per heavy atom. The second-order valence-electron chi connectivity index (χ2n) is 10.1. The van der Waals surface area contributed by atoms with Crippen molar-refractivity contribution in [2.75, 3.05) is 43.9 Å². The minimum absolute atomic E-state index is 0.127. The number of carboxylic acid groups (broad SMARTS) is 1. The number of likely N-dealkylation sites (tertiary alicyclic amines) is 1. The summed E-state index contributed by atoms with van der Waals surface area (Å²) in [5.41, 5.74) is 2.24. The van der Waals surface area contributed by atoms with Crippen LogP contribution in [0.15, 0.2) is 84.0 Å². The predicted octanol–water partition coefficient (Wildman–Crippen LogP) is 5.26. The number of halogens is 1. The molecule has 0 unspecified atom stereocenters. The molecule has 1 fully saturated rings. The Morgan fingerprint density at radius 3 is 2.30 bits per heavy atom. The fourth-order valence-electron chi connectivity index (χ4n) is 4.54. The fraction of sp³-hybridized carbons (Fsp3) is 0.258. The number of anilines is 3. The van der Waals surface area contributed by atoms with Gasteiger partial charge in [-0.15, -0.1) is 0 Å². The van der Waals surface area contributed by atoms with E-state index < -0.39 is 15.8 Å². The van der Waals surface area contributed by atoms with Crippen molar-refractivity contribution in [3.05, 3.63) is 84.9 Å². The van der Waals surface area contributed by atoms with Crippen LogP contribution in [0.5, 0.6) is 11.5 Å². The van der Waals surface area contributed by atoms with Crippen LogP contribution in [0.2, 0.25) is 0 Å². The van der Waals surface area contributed by atoms with Gasteiger partial charge in [-0.05, 0) is 106 Å². The van der Waals surface area contributed by atoms with Crippen LogP contribution in [0, 0.1) is 11.7 Å². The summed E-state index contributed by atoms with van der Waals surface area (Å²) < 4.78 is 53.7.